The molecule has 1 aromatic heterocycles. The summed E-state index contributed by atoms with van der Waals surface area (Å²) in [6, 6.07) is 12.0. The molecule has 0 radical (unpaired) electrons. The minimum absolute atomic E-state index is 0.287. The van der Waals surface area contributed by atoms with Crippen molar-refractivity contribution >= 4 is 5.91 Å². The first-order valence-corrected chi connectivity index (χ1v) is 9.39. The Morgan fingerprint density at radius 2 is 1.86 bits per heavy atom. The lowest BCUT2D eigenvalue weighted by Gasteiger charge is -2.28. The number of para-hydroxylation sites is 1. The normalized spacial score (nSPS) is 13.2. The number of amides is 1. The molecule has 1 N–H and O–H groups in total. The molecule has 1 amide bonds. The molecule has 1 aliphatic heterocycles. The van der Waals surface area contributed by atoms with Crippen LogP contribution in [0.1, 0.15) is 35.5 Å². The fourth-order valence-electron chi connectivity index (χ4n) is 3.35. The number of nitrogens with zero attached hydrogens (tertiary/aromatic N) is 2. The van der Waals surface area contributed by atoms with Gasteiger partial charge in [-0.15, -0.1) is 0 Å². The summed E-state index contributed by atoms with van der Waals surface area (Å²) in [7, 11) is 0. The van der Waals surface area contributed by atoms with Crippen LogP contribution in [0.4, 0.5) is 4.39 Å². The Balaban J connectivity index is 1.59. The molecule has 0 unspecified atom stereocenters. The van der Waals surface area contributed by atoms with E-state index in [4.69, 9.17) is 9.47 Å². The van der Waals surface area contributed by atoms with Crippen molar-refractivity contribution in [2.45, 2.75) is 26.3 Å². The van der Waals surface area contributed by atoms with Gasteiger partial charge in [0.15, 0.2) is 11.5 Å². The molecule has 6 nitrogen and oxygen atoms in total. The van der Waals surface area contributed by atoms with Crippen LogP contribution >= 0.6 is 0 Å². The number of benzene rings is 2. The van der Waals surface area contributed by atoms with E-state index >= 15 is 0 Å². The van der Waals surface area contributed by atoms with Crippen molar-refractivity contribution < 1.29 is 18.7 Å². The molecule has 0 bridgehead atoms. The molecule has 0 aliphatic carbocycles. The van der Waals surface area contributed by atoms with Gasteiger partial charge >= 0.3 is 0 Å². The molecule has 0 spiro atoms. The number of halogens is 1. The van der Waals surface area contributed by atoms with Gasteiger partial charge in [-0.25, -0.2) is 9.07 Å². The zero-order chi connectivity index (χ0) is 20.6. The third kappa shape index (κ3) is 3.55. The molecule has 4 rings (SSSR count). The standard InChI is InChI=1S/C22H22FN3O3/c1-14-16(13-24-26(14)18-7-5-4-6-17(18)23)21(27)25-22(2,3)15-8-9-19-20(12-15)29-11-10-28-19/h4-9,12-13H,10-11H2,1-3H3,(H,25,27). The molecule has 7 heteroatoms. The summed E-state index contributed by atoms with van der Waals surface area (Å²) in [5, 5.41) is 7.24. The van der Waals surface area contributed by atoms with Crippen molar-refractivity contribution in [2.75, 3.05) is 13.2 Å². The molecule has 3 aromatic rings. The summed E-state index contributed by atoms with van der Waals surface area (Å²) in [6.07, 6.45) is 1.46. The zero-order valence-corrected chi connectivity index (χ0v) is 16.5. The monoisotopic (exact) mass is 395 g/mol. The summed E-state index contributed by atoms with van der Waals surface area (Å²) in [6.45, 7) is 6.58. The Hall–Kier alpha value is -3.35. The van der Waals surface area contributed by atoms with Crippen LogP contribution in [0.3, 0.4) is 0 Å². The van der Waals surface area contributed by atoms with Crippen LogP contribution in [0.15, 0.2) is 48.7 Å². The van der Waals surface area contributed by atoms with Gasteiger partial charge in [0.1, 0.15) is 24.7 Å². The van der Waals surface area contributed by atoms with E-state index in [2.05, 4.69) is 10.4 Å². The zero-order valence-electron chi connectivity index (χ0n) is 16.5. The Bertz CT molecular complexity index is 1070. The van der Waals surface area contributed by atoms with Gasteiger partial charge in [-0.3, -0.25) is 4.79 Å². The van der Waals surface area contributed by atoms with Crippen molar-refractivity contribution in [3.05, 3.63) is 71.3 Å². The van der Waals surface area contributed by atoms with Crippen LogP contribution in [-0.4, -0.2) is 28.9 Å². The van der Waals surface area contributed by atoms with Crippen LogP contribution in [-0.2, 0) is 5.54 Å². The molecule has 1 aliphatic rings. The first-order valence-electron chi connectivity index (χ1n) is 9.39. The number of rotatable bonds is 4. The van der Waals surface area contributed by atoms with Crippen molar-refractivity contribution in [2.24, 2.45) is 0 Å². The van der Waals surface area contributed by atoms with Crippen molar-refractivity contribution in [1.82, 2.24) is 15.1 Å². The number of carbonyl (C=O) groups excluding carboxylic acids is 1. The maximum atomic E-state index is 14.1. The molecule has 0 atom stereocenters. The molecule has 29 heavy (non-hydrogen) atoms. The first-order chi connectivity index (χ1) is 13.9. The predicted molar refractivity (Wildman–Crippen MR) is 106 cm³/mol. The largest absolute Gasteiger partial charge is 0.486 e. The van der Waals surface area contributed by atoms with Crippen LogP contribution in [0.5, 0.6) is 11.5 Å². The molecule has 0 fully saturated rings. The lowest BCUT2D eigenvalue weighted by Crippen LogP contribution is -2.41. The number of fused-ring (bicyclic) bond motifs is 1. The second kappa shape index (κ2) is 7.24. The fraction of sp³-hybridized carbons (Fsp3) is 0.273. The van der Waals surface area contributed by atoms with E-state index in [1.54, 1.807) is 25.1 Å². The van der Waals surface area contributed by atoms with Gasteiger partial charge < -0.3 is 14.8 Å². The van der Waals surface area contributed by atoms with Gasteiger partial charge in [0, 0.05) is 0 Å². The second-order valence-electron chi connectivity index (χ2n) is 7.44. The highest BCUT2D eigenvalue weighted by atomic mass is 19.1. The number of hydrogen-bond donors (Lipinski definition) is 1. The van der Waals surface area contributed by atoms with E-state index in [9.17, 15) is 9.18 Å². The Morgan fingerprint density at radius 1 is 1.14 bits per heavy atom. The Morgan fingerprint density at radius 3 is 2.62 bits per heavy atom. The van der Waals surface area contributed by atoms with E-state index in [0.717, 1.165) is 5.56 Å². The number of aromatic nitrogens is 2. The summed E-state index contributed by atoms with van der Waals surface area (Å²) in [5.41, 5.74) is 1.47. The van der Waals surface area contributed by atoms with Crippen molar-refractivity contribution in [3.8, 4) is 17.2 Å². The van der Waals surface area contributed by atoms with Crippen LogP contribution in [0, 0.1) is 12.7 Å². The van der Waals surface area contributed by atoms with Gasteiger partial charge in [0.05, 0.1) is 23.0 Å². The van der Waals surface area contributed by atoms with E-state index in [0.29, 0.717) is 41.7 Å². The van der Waals surface area contributed by atoms with E-state index in [1.165, 1.54) is 16.9 Å². The van der Waals surface area contributed by atoms with Crippen molar-refractivity contribution in [3.63, 3.8) is 0 Å². The quantitative estimate of drug-likeness (QED) is 0.731. The topological polar surface area (TPSA) is 65.4 Å². The average Bonchev–Trinajstić information content (AvgIpc) is 3.09. The van der Waals surface area contributed by atoms with Gasteiger partial charge in [-0.1, -0.05) is 18.2 Å². The number of nitrogens with one attached hydrogen (secondary N) is 1. The molecule has 0 saturated carbocycles. The van der Waals surface area contributed by atoms with Crippen LogP contribution in [0.25, 0.3) is 5.69 Å². The summed E-state index contributed by atoms with van der Waals surface area (Å²) in [5.74, 6) is 0.677. The molecular weight excluding hydrogens is 373 g/mol. The molecule has 2 heterocycles. The number of carbonyl (C=O) groups is 1. The third-order valence-electron chi connectivity index (χ3n) is 5.02. The molecule has 2 aromatic carbocycles. The Kier molecular flexibility index (Phi) is 4.74. The fourth-order valence-corrected chi connectivity index (χ4v) is 3.35. The number of ether oxygens (including phenoxy) is 2. The lowest BCUT2D eigenvalue weighted by molar-refractivity contribution is 0.0911. The minimum atomic E-state index is -0.667. The van der Waals surface area contributed by atoms with Gasteiger partial charge in [-0.2, -0.15) is 5.10 Å². The molecule has 0 saturated heterocycles. The number of hydrogen-bond acceptors (Lipinski definition) is 4. The SMILES string of the molecule is Cc1c(C(=O)NC(C)(C)c2ccc3c(c2)OCCO3)cnn1-c1ccccc1F. The predicted octanol–water partition coefficient (Wildman–Crippen LogP) is 3.76. The van der Waals surface area contributed by atoms with Gasteiger partial charge in [0.2, 0.25) is 0 Å². The van der Waals surface area contributed by atoms with E-state index in [1.807, 2.05) is 32.0 Å². The van der Waals surface area contributed by atoms with Crippen molar-refractivity contribution in [1.29, 1.82) is 0 Å². The highest BCUT2D eigenvalue weighted by Gasteiger charge is 2.27. The minimum Gasteiger partial charge on any atom is -0.486 e. The molecular formula is C22H22FN3O3. The van der Waals surface area contributed by atoms with E-state index < -0.39 is 11.4 Å². The Labute approximate surface area is 168 Å². The smallest absolute Gasteiger partial charge is 0.255 e. The lowest BCUT2D eigenvalue weighted by atomic mass is 9.93. The molecule has 150 valence electrons. The van der Waals surface area contributed by atoms with Gasteiger partial charge in [-0.05, 0) is 50.6 Å². The third-order valence-corrected chi connectivity index (χ3v) is 5.02. The van der Waals surface area contributed by atoms with Crippen LogP contribution < -0.4 is 14.8 Å². The van der Waals surface area contributed by atoms with E-state index in [-0.39, 0.29) is 5.91 Å². The first kappa shape index (κ1) is 19.0. The summed E-state index contributed by atoms with van der Waals surface area (Å²) < 4.78 is 26.7. The summed E-state index contributed by atoms with van der Waals surface area (Å²) >= 11 is 0. The summed E-state index contributed by atoms with van der Waals surface area (Å²) in [4.78, 5) is 13.0. The van der Waals surface area contributed by atoms with Gasteiger partial charge in [0.25, 0.3) is 5.91 Å². The average molecular weight is 395 g/mol. The highest BCUT2D eigenvalue weighted by Crippen LogP contribution is 2.34. The maximum absolute atomic E-state index is 14.1. The second-order valence-corrected chi connectivity index (χ2v) is 7.44. The highest BCUT2D eigenvalue weighted by molar-refractivity contribution is 5.95. The van der Waals surface area contributed by atoms with Crippen LogP contribution in [0.2, 0.25) is 0 Å². The maximum Gasteiger partial charge on any atom is 0.255 e.